The number of rotatable bonds is 3. The third-order valence-corrected chi connectivity index (χ3v) is 3.15. The van der Waals surface area contributed by atoms with E-state index in [-0.39, 0.29) is 0 Å². The van der Waals surface area contributed by atoms with Crippen LogP contribution in [0.5, 0.6) is 0 Å². The Kier molecular flexibility index (Phi) is 2.50. The van der Waals surface area contributed by atoms with Crippen LogP contribution in [0.2, 0.25) is 0 Å². The van der Waals surface area contributed by atoms with Crippen molar-refractivity contribution in [3.63, 3.8) is 0 Å². The highest BCUT2D eigenvalue weighted by Gasteiger charge is 2.09. The third kappa shape index (κ3) is 1.40. The molecule has 0 amide bonds. The van der Waals surface area contributed by atoms with E-state index in [1.165, 1.54) is 0 Å². The zero-order chi connectivity index (χ0) is 9.97. The number of hydrogen-bond acceptors (Lipinski definition) is 2. The molecule has 2 nitrogen and oxygen atoms in total. The van der Waals surface area contributed by atoms with E-state index < -0.39 is 0 Å². The molecule has 0 saturated heterocycles. The van der Waals surface area contributed by atoms with E-state index in [0.717, 1.165) is 29.0 Å². The highest BCUT2D eigenvalue weighted by atomic mass is 32.1. The topological polar surface area (TPSA) is 22.0 Å². The molecule has 0 saturated carbocycles. The number of thiophene rings is 1. The highest BCUT2D eigenvalue weighted by Crippen LogP contribution is 2.27. The smallest absolute Gasteiger partial charge is 0.167 e. The molecule has 0 aliphatic carbocycles. The molecule has 14 heavy (non-hydrogen) atoms. The summed E-state index contributed by atoms with van der Waals surface area (Å²) >= 11 is 1.66. The monoisotopic (exact) mass is 205 g/mol. The molecule has 0 unspecified atom stereocenters. The van der Waals surface area contributed by atoms with Crippen LogP contribution < -0.4 is 0 Å². The van der Waals surface area contributed by atoms with Crippen LogP contribution in [-0.4, -0.2) is 10.9 Å². The molecule has 0 bridgehead atoms. The first-order valence-electron chi connectivity index (χ1n) is 4.55. The standard InChI is InChI=1S/C11H11NOS/c1-2-12-6-5-9(10(12)8-13)11-4-3-7-14-11/h3-8H,2H2,1H3. The Balaban J connectivity index is 2.54. The Morgan fingerprint density at radius 3 is 2.93 bits per heavy atom. The Morgan fingerprint density at radius 1 is 1.50 bits per heavy atom. The average Bonchev–Trinajstić information content (AvgIpc) is 2.85. The van der Waals surface area contributed by atoms with Gasteiger partial charge in [-0.15, -0.1) is 11.3 Å². The lowest BCUT2D eigenvalue weighted by atomic mass is 10.2. The fraction of sp³-hybridized carbons (Fsp3) is 0.182. The first-order valence-corrected chi connectivity index (χ1v) is 5.43. The molecule has 0 aromatic carbocycles. The van der Waals surface area contributed by atoms with Crippen molar-refractivity contribution in [3.8, 4) is 10.4 Å². The predicted octanol–water partition coefficient (Wildman–Crippen LogP) is 3.05. The summed E-state index contributed by atoms with van der Waals surface area (Å²) in [6.07, 6.45) is 2.89. The first-order chi connectivity index (χ1) is 6.86. The van der Waals surface area contributed by atoms with Gasteiger partial charge in [0.15, 0.2) is 6.29 Å². The number of nitrogens with zero attached hydrogens (tertiary/aromatic N) is 1. The summed E-state index contributed by atoms with van der Waals surface area (Å²) in [6.45, 7) is 2.87. The number of aldehydes is 1. The molecular formula is C11H11NOS. The van der Waals surface area contributed by atoms with E-state index in [2.05, 4.69) is 0 Å². The predicted molar refractivity (Wildman–Crippen MR) is 58.8 cm³/mol. The lowest BCUT2D eigenvalue weighted by Crippen LogP contribution is -1.98. The van der Waals surface area contributed by atoms with Crippen molar-refractivity contribution in [1.29, 1.82) is 0 Å². The normalized spacial score (nSPS) is 10.4. The van der Waals surface area contributed by atoms with Crippen molar-refractivity contribution in [2.75, 3.05) is 0 Å². The largest absolute Gasteiger partial charge is 0.345 e. The maximum Gasteiger partial charge on any atom is 0.167 e. The summed E-state index contributed by atoms with van der Waals surface area (Å²) in [4.78, 5) is 12.1. The Labute approximate surface area is 86.8 Å². The molecule has 0 atom stereocenters. The van der Waals surface area contributed by atoms with Gasteiger partial charge in [0, 0.05) is 23.2 Å². The van der Waals surface area contributed by atoms with Gasteiger partial charge < -0.3 is 4.57 Å². The van der Waals surface area contributed by atoms with E-state index in [4.69, 9.17) is 0 Å². The van der Waals surface area contributed by atoms with Crippen LogP contribution in [0.25, 0.3) is 10.4 Å². The summed E-state index contributed by atoms with van der Waals surface area (Å²) in [5, 5.41) is 2.02. The minimum Gasteiger partial charge on any atom is -0.345 e. The summed E-state index contributed by atoms with van der Waals surface area (Å²) < 4.78 is 1.96. The average molecular weight is 205 g/mol. The minimum absolute atomic E-state index is 0.773. The highest BCUT2D eigenvalue weighted by molar-refractivity contribution is 7.13. The van der Waals surface area contributed by atoms with Crippen LogP contribution in [0.4, 0.5) is 0 Å². The number of carbonyl (C=O) groups excluding carboxylic acids is 1. The van der Waals surface area contributed by atoms with Crippen molar-refractivity contribution < 1.29 is 4.79 Å². The summed E-state index contributed by atoms with van der Waals surface area (Å²) in [5.41, 5.74) is 1.81. The van der Waals surface area contributed by atoms with Gasteiger partial charge in [-0.2, -0.15) is 0 Å². The summed E-state index contributed by atoms with van der Waals surface area (Å²) in [6, 6.07) is 6.03. The summed E-state index contributed by atoms with van der Waals surface area (Å²) in [7, 11) is 0. The van der Waals surface area contributed by atoms with Gasteiger partial charge in [-0.3, -0.25) is 4.79 Å². The first kappa shape index (κ1) is 9.21. The molecular weight excluding hydrogens is 194 g/mol. The second-order valence-corrected chi connectivity index (χ2v) is 3.94. The van der Waals surface area contributed by atoms with Crippen molar-refractivity contribution >= 4 is 17.6 Å². The Hall–Kier alpha value is -1.35. The van der Waals surface area contributed by atoms with E-state index in [9.17, 15) is 4.79 Å². The van der Waals surface area contributed by atoms with Gasteiger partial charge in [0.1, 0.15) is 0 Å². The van der Waals surface area contributed by atoms with E-state index >= 15 is 0 Å². The molecule has 0 N–H and O–H groups in total. The van der Waals surface area contributed by atoms with Crippen molar-refractivity contribution in [2.45, 2.75) is 13.5 Å². The minimum atomic E-state index is 0.773. The fourth-order valence-corrected chi connectivity index (χ4v) is 2.29. The molecule has 3 heteroatoms. The quantitative estimate of drug-likeness (QED) is 0.706. The molecule has 0 radical (unpaired) electrons. The van der Waals surface area contributed by atoms with Crippen LogP contribution in [-0.2, 0) is 6.54 Å². The maximum absolute atomic E-state index is 10.9. The molecule has 2 heterocycles. The molecule has 0 aliphatic rings. The number of aromatic nitrogens is 1. The molecule has 2 rings (SSSR count). The van der Waals surface area contributed by atoms with Gasteiger partial charge >= 0.3 is 0 Å². The Bertz CT molecular complexity index is 428. The third-order valence-electron chi connectivity index (χ3n) is 2.25. The Morgan fingerprint density at radius 2 is 2.36 bits per heavy atom. The van der Waals surface area contributed by atoms with Gasteiger partial charge in [0.2, 0.25) is 0 Å². The van der Waals surface area contributed by atoms with Crippen LogP contribution in [0, 0.1) is 0 Å². The van der Waals surface area contributed by atoms with E-state index in [1.54, 1.807) is 11.3 Å². The van der Waals surface area contributed by atoms with Gasteiger partial charge in [0.05, 0.1) is 5.69 Å². The molecule has 0 aliphatic heterocycles. The lowest BCUT2D eigenvalue weighted by Gasteiger charge is -2.00. The SMILES string of the molecule is CCn1ccc(-c2cccs2)c1C=O. The second-order valence-electron chi connectivity index (χ2n) is 3.00. The molecule has 72 valence electrons. The number of carbonyl (C=O) groups is 1. The van der Waals surface area contributed by atoms with Crippen LogP contribution in [0.15, 0.2) is 29.8 Å². The number of aryl methyl sites for hydroxylation is 1. The van der Waals surface area contributed by atoms with Crippen LogP contribution in [0.3, 0.4) is 0 Å². The van der Waals surface area contributed by atoms with Gasteiger partial charge in [-0.25, -0.2) is 0 Å². The molecule has 0 spiro atoms. The zero-order valence-electron chi connectivity index (χ0n) is 7.93. The zero-order valence-corrected chi connectivity index (χ0v) is 8.75. The molecule has 2 aromatic heterocycles. The lowest BCUT2D eigenvalue weighted by molar-refractivity contribution is 0.111. The molecule has 0 fully saturated rings. The van der Waals surface area contributed by atoms with E-state index in [1.807, 2.05) is 41.3 Å². The van der Waals surface area contributed by atoms with Gasteiger partial charge in [0.25, 0.3) is 0 Å². The number of hydrogen-bond donors (Lipinski definition) is 0. The van der Waals surface area contributed by atoms with Crippen LogP contribution in [0.1, 0.15) is 17.4 Å². The molecule has 2 aromatic rings. The second kappa shape index (κ2) is 3.80. The van der Waals surface area contributed by atoms with Gasteiger partial charge in [-0.1, -0.05) is 6.07 Å². The van der Waals surface area contributed by atoms with E-state index in [0.29, 0.717) is 0 Å². The van der Waals surface area contributed by atoms with Crippen molar-refractivity contribution in [1.82, 2.24) is 4.57 Å². The maximum atomic E-state index is 10.9. The van der Waals surface area contributed by atoms with Crippen molar-refractivity contribution in [2.24, 2.45) is 0 Å². The summed E-state index contributed by atoms with van der Waals surface area (Å²) in [5.74, 6) is 0. The fourth-order valence-electron chi connectivity index (χ4n) is 1.53. The van der Waals surface area contributed by atoms with Gasteiger partial charge in [-0.05, 0) is 24.4 Å². The van der Waals surface area contributed by atoms with Crippen LogP contribution >= 0.6 is 11.3 Å². The van der Waals surface area contributed by atoms with Crippen molar-refractivity contribution in [3.05, 3.63) is 35.5 Å².